The summed E-state index contributed by atoms with van der Waals surface area (Å²) in [5.74, 6) is 1.30. The van der Waals surface area contributed by atoms with Crippen molar-refractivity contribution in [1.82, 2.24) is 0 Å². The van der Waals surface area contributed by atoms with Gasteiger partial charge in [-0.1, -0.05) is 71.8 Å². The Labute approximate surface area is 179 Å². The molecule has 1 N–H and O–H groups in total. The highest BCUT2D eigenvalue weighted by Crippen LogP contribution is 2.51. The van der Waals surface area contributed by atoms with Crippen molar-refractivity contribution in [3.8, 4) is 33.8 Å². The highest BCUT2D eigenvalue weighted by molar-refractivity contribution is 5.85. The Kier molecular flexibility index (Phi) is 5.26. The SMILES string of the molecule is COc1cccc(-c2cccc(-c3ccccc3)c2O)c1C1C(C)=C(C)C(C)=C1C. The summed E-state index contributed by atoms with van der Waals surface area (Å²) in [7, 11) is 1.72. The van der Waals surface area contributed by atoms with Crippen LogP contribution in [0.1, 0.15) is 39.2 Å². The molecule has 0 unspecified atom stereocenters. The minimum Gasteiger partial charge on any atom is -0.507 e. The second kappa shape index (κ2) is 7.87. The molecule has 0 saturated carbocycles. The maximum absolute atomic E-state index is 11.3. The quantitative estimate of drug-likeness (QED) is 0.494. The molecule has 152 valence electrons. The number of hydrogen-bond donors (Lipinski definition) is 1. The first-order chi connectivity index (χ1) is 14.5. The summed E-state index contributed by atoms with van der Waals surface area (Å²) in [5.41, 5.74) is 10.2. The molecule has 0 saturated heterocycles. The molecule has 0 fully saturated rings. The van der Waals surface area contributed by atoms with Crippen LogP contribution in [0.15, 0.2) is 89.0 Å². The predicted octanol–water partition coefficient (Wildman–Crippen LogP) is 7.50. The second-order valence-corrected chi connectivity index (χ2v) is 8.04. The highest BCUT2D eigenvalue weighted by atomic mass is 16.5. The molecule has 0 amide bonds. The van der Waals surface area contributed by atoms with E-state index in [-0.39, 0.29) is 5.92 Å². The summed E-state index contributed by atoms with van der Waals surface area (Å²) in [4.78, 5) is 0. The number of aromatic hydroxyl groups is 1. The van der Waals surface area contributed by atoms with Crippen LogP contribution in [0.2, 0.25) is 0 Å². The number of methoxy groups -OCH3 is 1. The summed E-state index contributed by atoms with van der Waals surface area (Å²) in [6.45, 7) is 8.79. The van der Waals surface area contributed by atoms with Gasteiger partial charge in [-0.2, -0.15) is 0 Å². The van der Waals surface area contributed by atoms with Crippen molar-refractivity contribution in [2.24, 2.45) is 0 Å². The third kappa shape index (κ3) is 3.13. The van der Waals surface area contributed by atoms with Gasteiger partial charge in [0.25, 0.3) is 0 Å². The van der Waals surface area contributed by atoms with E-state index in [1.54, 1.807) is 7.11 Å². The average molecular weight is 397 g/mol. The van der Waals surface area contributed by atoms with E-state index in [2.05, 4.69) is 33.8 Å². The largest absolute Gasteiger partial charge is 0.507 e. The fourth-order valence-electron chi connectivity index (χ4n) is 4.65. The fraction of sp³-hybridized carbons (Fsp3) is 0.214. The molecule has 1 aliphatic carbocycles. The molecule has 0 atom stereocenters. The lowest BCUT2D eigenvalue weighted by molar-refractivity contribution is 0.409. The van der Waals surface area contributed by atoms with Crippen LogP contribution in [-0.2, 0) is 0 Å². The molecule has 3 aromatic rings. The first-order valence-electron chi connectivity index (χ1n) is 10.4. The molecular weight excluding hydrogens is 368 g/mol. The van der Waals surface area contributed by atoms with Gasteiger partial charge in [-0.25, -0.2) is 0 Å². The van der Waals surface area contributed by atoms with Crippen LogP contribution in [0.4, 0.5) is 0 Å². The van der Waals surface area contributed by atoms with Crippen LogP contribution in [0.25, 0.3) is 22.3 Å². The van der Waals surface area contributed by atoms with Gasteiger partial charge in [-0.15, -0.1) is 0 Å². The molecule has 1 aliphatic rings. The Morgan fingerprint density at radius 3 is 1.87 bits per heavy atom. The zero-order chi connectivity index (χ0) is 21.4. The maximum atomic E-state index is 11.3. The Morgan fingerprint density at radius 1 is 0.667 bits per heavy atom. The predicted molar refractivity (Wildman–Crippen MR) is 125 cm³/mol. The van der Waals surface area contributed by atoms with Gasteiger partial charge in [-0.3, -0.25) is 0 Å². The van der Waals surface area contributed by atoms with Gasteiger partial charge in [-0.05, 0) is 56.0 Å². The van der Waals surface area contributed by atoms with E-state index in [1.807, 2.05) is 60.7 Å². The standard InChI is InChI=1S/C28H28O2/c1-17-18(2)20(4)26(19(17)3)27-23(14-10-16-25(27)30-5)24-15-9-13-22(28(24)29)21-11-7-6-8-12-21/h6-16,26,29H,1-5H3. The van der Waals surface area contributed by atoms with Gasteiger partial charge in [0, 0.05) is 22.6 Å². The maximum Gasteiger partial charge on any atom is 0.131 e. The van der Waals surface area contributed by atoms with E-state index in [1.165, 1.54) is 22.3 Å². The zero-order valence-corrected chi connectivity index (χ0v) is 18.3. The molecule has 2 heteroatoms. The van der Waals surface area contributed by atoms with E-state index >= 15 is 0 Å². The number of phenols is 1. The van der Waals surface area contributed by atoms with Crippen LogP contribution in [0, 0.1) is 0 Å². The van der Waals surface area contributed by atoms with Crippen LogP contribution in [-0.4, -0.2) is 12.2 Å². The lowest BCUT2D eigenvalue weighted by Crippen LogP contribution is -2.05. The first kappa shape index (κ1) is 20.0. The normalized spacial score (nSPS) is 14.6. The number of benzene rings is 3. The molecule has 0 aliphatic heterocycles. The molecule has 0 radical (unpaired) electrons. The smallest absolute Gasteiger partial charge is 0.131 e. The van der Waals surface area contributed by atoms with E-state index in [0.29, 0.717) is 5.75 Å². The van der Waals surface area contributed by atoms with Crippen LogP contribution >= 0.6 is 0 Å². The molecule has 0 spiro atoms. The summed E-state index contributed by atoms with van der Waals surface area (Å²) < 4.78 is 5.81. The number of rotatable bonds is 4. The molecule has 4 rings (SSSR count). The Hall–Kier alpha value is -3.26. The minimum absolute atomic E-state index is 0.149. The lowest BCUT2D eigenvalue weighted by Gasteiger charge is -2.23. The van der Waals surface area contributed by atoms with Crippen molar-refractivity contribution >= 4 is 0 Å². The summed E-state index contributed by atoms with van der Waals surface area (Å²) in [5, 5.41) is 11.3. The first-order valence-corrected chi connectivity index (χ1v) is 10.4. The highest BCUT2D eigenvalue weighted by Gasteiger charge is 2.31. The number of ether oxygens (including phenoxy) is 1. The number of allylic oxidation sites excluding steroid dienone is 4. The second-order valence-electron chi connectivity index (χ2n) is 8.04. The van der Waals surface area contributed by atoms with Gasteiger partial charge < -0.3 is 9.84 Å². The Morgan fingerprint density at radius 2 is 1.23 bits per heavy atom. The number of para-hydroxylation sites is 1. The van der Waals surface area contributed by atoms with Gasteiger partial charge in [0.1, 0.15) is 11.5 Å². The topological polar surface area (TPSA) is 29.5 Å². The van der Waals surface area contributed by atoms with Gasteiger partial charge >= 0.3 is 0 Å². The van der Waals surface area contributed by atoms with Crippen molar-refractivity contribution in [2.75, 3.05) is 7.11 Å². The third-order valence-electron chi connectivity index (χ3n) is 6.60. The number of hydrogen-bond acceptors (Lipinski definition) is 2. The van der Waals surface area contributed by atoms with E-state index in [0.717, 1.165) is 33.6 Å². The minimum atomic E-state index is 0.149. The van der Waals surface area contributed by atoms with Crippen molar-refractivity contribution < 1.29 is 9.84 Å². The molecule has 0 heterocycles. The summed E-state index contributed by atoms with van der Waals surface area (Å²) in [6, 6.07) is 22.1. The number of phenolic OH excluding ortho intramolecular Hbond substituents is 1. The Balaban J connectivity index is 1.97. The molecule has 0 bridgehead atoms. The fourth-order valence-corrected chi connectivity index (χ4v) is 4.65. The van der Waals surface area contributed by atoms with Gasteiger partial charge in [0.15, 0.2) is 0 Å². The van der Waals surface area contributed by atoms with Crippen molar-refractivity contribution in [3.63, 3.8) is 0 Å². The Bertz CT molecular complexity index is 1140. The third-order valence-corrected chi connectivity index (χ3v) is 6.60. The van der Waals surface area contributed by atoms with Gasteiger partial charge in [0.2, 0.25) is 0 Å². The molecular formula is C28H28O2. The monoisotopic (exact) mass is 396 g/mol. The zero-order valence-electron chi connectivity index (χ0n) is 18.3. The van der Waals surface area contributed by atoms with Crippen molar-refractivity contribution in [2.45, 2.75) is 33.6 Å². The van der Waals surface area contributed by atoms with Crippen LogP contribution in [0.3, 0.4) is 0 Å². The molecule has 3 aromatic carbocycles. The van der Waals surface area contributed by atoms with E-state index in [4.69, 9.17) is 4.74 Å². The summed E-state index contributed by atoms with van der Waals surface area (Å²) in [6.07, 6.45) is 0. The van der Waals surface area contributed by atoms with Crippen LogP contribution < -0.4 is 4.74 Å². The van der Waals surface area contributed by atoms with Crippen molar-refractivity contribution in [3.05, 3.63) is 94.6 Å². The average Bonchev–Trinajstić information content (AvgIpc) is 2.96. The summed E-state index contributed by atoms with van der Waals surface area (Å²) >= 11 is 0. The van der Waals surface area contributed by atoms with E-state index in [9.17, 15) is 5.11 Å². The van der Waals surface area contributed by atoms with Crippen LogP contribution in [0.5, 0.6) is 11.5 Å². The lowest BCUT2D eigenvalue weighted by atomic mass is 9.82. The molecule has 0 aromatic heterocycles. The molecule has 30 heavy (non-hydrogen) atoms. The molecule has 2 nitrogen and oxygen atoms in total. The van der Waals surface area contributed by atoms with E-state index < -0.39 is 0 Å². The van der Waals surface area contributed by atoms with Crippen molar-refractivity contribution in [1.29, 1.82) is 0 Å². The van der Waals surface area contributed by atoms with Gasteiger partial charge in [0.05, 0.1) is 7.11 Å².